The van der Waals surface area contributed by atoms with Gasteiger partial charge in [0.15, 0.2) is 5.78 Å². The molecule has 3 rings (SSSR count). The molecule has 2 aromatic carbocycles. The Kier molecular flexibility index (Phi) is 3.44. The Morgan fingerprint density at radius 1 is 1.13 bits per heavy atom. The number of amides is 1. The van der Waals surface area contributed by atoms with Crippen LogP contribution in [-0.2, 0) is 10.2 Å². The van der Waals surface area contributed by atoms with Gasteiger partial charge in [0.25, 0.3) is 0 Å². The Hall–Kier alpha value is -3.02. The Labute approximate surface area is 132 Å². The van der Waals surface area contributed by atoms with E-state index in [2.05, 4.69) is 0 Å². The number of nitrogens with zero attached hydrogens (tertiary/aromatic N) is 1. The van der Waals surface area contributed by atoms with E-state index in [4.69, 9.17) is 5.73 Å². The molecule has 2 aromatic rings. The smallest absolute Gasteiger partial charge is 0.229 e. The van der Waals surface area contributed by atoms with E-state index in [-0.39, 0.29) is 0 Å². The third-order valence-electron chi connectivity index (χ3n) is 4.38. The largest absolute Gasteiger partial charge is 0.369 e. The number of carbonyl (C=O) groups is 2. The first kappa shape index (κ1) is 14.9. The van der Waals surface area contributed by atoms with Gasteiger partial charge < -0.3 is 5.73 Å². The van der Waals surface area contributed by atoms with Gasteiger partial charge in [-0.2, -0.15) is 0 Å². The van der Waals surface area contributed by atoms with Crippen LogP contribution in [0.15, 0.2) is 54.6 Å². The van der Waals surface area contributed by atoms with Crippen molar-refractivity contribution < 1.29 is 14.5 Å². The lowest BCUT2D eigenvalue weighted by molar-refractivity contribution is -0.489. The number of nitro groups is 1. The van der Waals surface area contributed by atoms with Crippen LogP contribution in [0.25, 0.3) is 0 Å². The molecule has 0 unspecified atom stereocenters. The summed E-state index contributed by atoms with van der Waals surface area (Å²) in [5.74, 6) is -2.59. The number of fused-ring (bicyclic) bond motifs is 1. The minimum Gasteiger partial charge on any atom is -0.369 e. The summed E-state index contributed by atoms with van der Waals surface area (Å²) in [7, 11) is 0. The number of benzene rings is 2. The van der Waals surface area contributed by atoms with Gasteiger partial charge in [-0.3, -0.25) is 19.7 Å². The highest BCUT2D eigenvalue weighted by Crippen LogP contribution is 2.48. The predicted molar refractivity (Wildman–Crippen MR) is 82.5 cm³/mol. The molecule has 6 heteroatoms. The first-order valence-corrected chi connectivity index (χ1v) is 7.09. The van der Waals surface area contributed by atoms with Gasteiger partial charge >= 0.3 is 0 Å². The van der Waals surface area contributed by atoms with E-state index in [9.17, 15) is 19.7 Å². The molecule has 0 fully saturated rings. The summed E-state index contributed by atoms with van der Waals surface area (Å²) in [6.07, 6.45) is 0. The highest BCUT2D eigenvalue weighted by atomic mass is 16.6. The van der Waals surface area contributed by atoms with E-state index in [0.29, 0.717) is 16.7 Å². The van der Waals surface area contributed by atoms with Crippen LogP contribution >= 0.6 is 0 Å². The molecule has 0 saturated carbocycles. The Bertz CT molecular complexity index is 803. The number of carbonyl (C=O) groups excluding carboxylic acids is 2. The highest BCUT2D eigenvalue weighted by molar-refractivity contribution is 6.15. The van der Waals surface area contributed by atoms with Gasteiger partial charge in [0.2, 0.25) is 12.5 Å². The van der Waals surface area contributed by atoms with Gasteiger partial charge in [0.1, 0.15) is 11.3 Å². The average Bonchev–Trinajstić information content (AvgIpc) is 2.78. The van der Waals surface area contributed by atoms with Crippen molar-refractivity contribution in [2.45, 2.75) is 5.41 Å². The molecule has 0 bridgehead atoms. The summed E-state index contributed by atoms with van der Waals surface area (Å²) in [6, 6.07) is 15.2. The monoisotopic (exact) mass is 310 g/mol. The van der Waals surface area contributed by atoms with E-state index in [0.717, 1.165) is 0 Å². The molecule has 6 nitrogen and oxygen atoms in total. The molecular weight excluding hydrogens is 296 g/mol. The van der Waals surface area contributed by atoms with Crippen molar-refractivity contribution in [3.05, 3.63) is 81.4 Å². The lowest BCUT2D eigenvalue weighted by atomic mass is 9.69. The fraction of sp³-hybridized carbons (Fsp3) is 0.176. The quantitative estimate of drug-likeness (QED) is 0.525. The fourth-order valence-corrected chi connectivity index (χ4v) is 3.52. The molecule has 1 amide bonds. The van der Waals surface area contributed by atoms with Crippen molar-refractivity contribution in [1.82, 2.24) is 0 Å². The Morgan fingerprint density at radius 3 is 2.35 bits per heavy atom. The van der Waals surface area contributed by atoms with Crippen LogP contribution in [0, 0.1) is 16.0 Å². The number of hydrogen-bond donors (Lipinski definition) is 1. The van der Waals surface area contributed by atoms with Crippen LogP contribution in [0.3, 0.4) is 0 Å². The van der Waals surface area contributed by atoms with Gasteiger partial charge in [-0.05, 0) is 11.1 Å². The summed E-state index contributed by atoms with van der Waals surface area (Å²) in [5.41, 5.74) is 5.45. The molecule has 0 radical (unpaired) electrons. The van der Waals surface area contributed by atoms with Gasteiger partial charge in [-0.1, -0.05) is 54.6 Å². The third-order valence-corrected chi connectivity index (χ3v) is 4.38. The summed E-state index contributed by atoms with van der Waals surface area (Å²) in [4.78, 5) is 35.6. The molecule has 116 valence electrons. The van der Waals surface area contributed by atoms with Crippen LogP contribution in [0.4, 0.5) is 0 Å². The Morgan fingerprint density at radius 2 is 1.74 bits per heavy atom. The zero-order chi connectivity index (χ0) is 16.6. The molecule has 0 saturated heterocycles. The predicted octanol–water partition coefficient (Wildman–Crippen LogP) is 1.55. The Balaban J connectivity index is 2.37. The van der Waals surface area contributed by atoms with E-state index < -0.39 is 34.5 Å². The molecule has 2 N–H and O–H groups in total. The number of Topliss-reactive ketones (excluding diaryl/α,β-unsaturated/α-hetero) is 1. The molecule has 0 aliphatic heterocycles. The first-order chi connectivity index (χ1) is 11.0. The first-order valence-electron chi connectivity index (χ1n) is 7.09. The van der Waals surface area contributed by atoms with E-state index in [1.807, 2.05) is 0 Å². The molecule has 1 aliphatic carbocycles. The summed E-state index contributed by atoms with van der Waals surface area (Å²) >= 11 is 0. The number of rotatable bonds is 4. The van der Waals surface area contributed by atoms with E-state index in [1.54, 1.807) is 54.6 Å². The van der Waals surface area contributed by atoms with Crippen molar-refractivity contribution in [2.24, 2.45) is 11.7 Å². The van der Waals surface area contributed by atoms with Crippen molar-refractivity contribution in [3.8, 4) is 0 Å². The summed E-state index contributed by atoms with van der Waals surface area (Å²) in [5, 5.41) is 11.4. The zero-order valence-electron chi connectivity index (χ0n) is 12.1. The maximum Gasteiger partial charge on any atom is 0.229 e. The minimum atomic E-state index is -1.37. The highest BCUT2D eigenvalue weighted by Gasteiger charge is 2.58. The fourth-order valence-electron chi connectivity index (χ4n) is 3.52. The summed E-state index contributed by atoms with van der Waals surface area (Å²) in [6.45, 7) is -0.576. The van der Waals surface area contributed by atoms with Gasteiger partial charge in [-0.25, -0.2) is 0 Å². The van der Waals surface area contributed by atoms with Crippen molar-refractivity contribution in [1.29, 1.82) is 0 Å². The van der Waals surface area contributed by atoms with E-state index in [1.165, 1.54) is 0 Å². The van der Waals surface area contributed by atoms with Gasteiger partial charge in [0, 0.05) is 10.5 Å². The maximum atomic E-state index is 12.7. The van der Waals surface area contributed by atoms with Gasteiger partial charge in [0.05, 0.1) is 0 Å². The van der Waals surface area contributed by atoms with Crippen LogP contribution < -0.4 is 5.73 Å². The maximum absolute atomic E-state index is 12.7. The minimum absolute atomic E-state index is 0.321. The van der Waals surface area contributed by atoms with Crippen molar-refractivity contribution >= 4 is 11.7 Å². The van der Waals surface area contributed by atoms with Gasteiger partial charge in [-0.15, -0.1) is 0 Å². The second kappa shape index (κ2) is 5.31. The second-order valence-electron chi connectivity index (χ2n) is 5.57. The third kappa shape index (κ3) is 2.11. The van der Waals surface area contributed by atoms with E-state index >= 15 is 0 Å². The molecule has 0 heterocycles. The average molecular weight is 310 g/mol. The lowest BCUT2D eigenvalue weighted by Crippen LogP contribution is -2.47. The van der Waals surface area contributed by atoms with Crippen LogP contribution in [0.5, 0.6) is 0 Å². The SMILES string of the molecule is NC(=O)[C@@H]1C(=O)c2ccccc2[C@]1(C[N+](=O)[O-])c1ccccc1. The normalized spacial score (nSPS) is 22.6. The van der Waals surface area contributed by atoms with Crippen LogP contribution in [-0.4, -0.2) is 23.2 Å². The van der Waals surface area contributed by atoms with Crippen LogP contribution in [0.1, 0.15) is 21.5 Å². The molecule has 0 spiro atoms. The number of primary amides is 1. The second-order valence-corrected chi connectivity index (χ2v) is 5.57. The standard InChI is InChI=1S/C17H14N2O4/c18-16(21)14-15(20)12-8-4-5-9-13(12)17(14,10-19(22)23)11-6-2-1-3-7-11/h1-9,14H,10H2,(H2,18,21)/t14-,17-/m0/s1. The molecule has 23 heavy (non-hydrogen) atoms. The molecule has 1 aliphatic rings. The number of nitrogens with two attached hydrogens (primary N) is 1. The number of hydrogen-bond acceptors (Lipinski definition) is 4. The molecule has 0 aromatic heterocycles. The van der Waals surface area contributed by atoms with Crippen molar-refractivity contribution in [2.75, 3.05) is 6.54 Å². The molecule has 2 atom stereocenters. The summed E-state index contributed by atoms with van der Waals surface area (Å²) < 4.78 is 0. The molecular formula is C17H14N2O4. The topological polar surface area (TPSA) is 103 Å². The lowest BCUT2D eigenvalue weighted by Gasteiger charge is -2.30. The zero-order valence-corrected chi connectivity index (χ0v) is 12.1. The van der Waals surface area contributed by atoms with Crippen LogP contribution in [0.2, 0.25) is 0 Å². The van der Waals surface area contributed by atoms with Crippen molar-refractivity contribution in [3.63, 3.8) is 0 Å². The number of ketones is 1.